The maximum absolute atomic E-state index is 12.3. The highest BCUT2D eigenvalue weighted by molar-refractivity contribution is 5.56. The van der Waals surface area contributed by atoms with Crippen LogP contribution in [0.2, 0.25) is 0 Å². The van der Waals surface area contributed by atoms with Gasteiger partial charge in [-0.25, -0.2) is 0 Å². The van der Waals surface area contributed by atoms with Crippen molar-refractivity contribution in [3.63, 3.8) is 0 Å². The molecule has 0 bridgehead atoms. The van der Waals surface area contributed by atoms with Gasteiger partial charge in [0.25, 0.3) is 11.2 Å². The molecule has 0 saturated carbocycles. The predicted octanol–water partition coefficient (Wildman–Crippen LogP) is 3.08. The second-order valence-electron chi connectivity index (χ2n) is 4.81. The molecule has 0 radical (unpaired) electrons. The van der Waals surface area contributed by atoms with E-state index >= 15 is 0 Å². The zero-order valence-corrected chi connectivity index (χ0v) is 12.9. The van der Waals surface area contributed by atoms with Crippen LogP contribution in [0.15, 0.2) is 39.3 Å². The zero-order chi connectivity index (χ0) is 17.9. The van der Waals surface area contributed by atoms with Crippen molar-refractivity contribution < 1.29 is 10.0 Å². The summed E-state index contributed by atoms with van der Waals surface area (Å²) in [5.74, 6) is -0.406. The number of hydrogen-bond donors (Lipinski definition) is 1. The summed E-state index contributed by atoms with van der Waals surface area (Å²) in [5.41, 5.74) is -0.241. The Morgan fingerprint density at radius 2 is 1.96 bits per heavy atom. The Balaban J connectivity index is 2.51. The number of hydrogen-bond acceptors (Lipinski definition) is 7. The van der Waals surface area contributed by atoms with Gasteiger partial charge >= 0.3 is 0 Å². The third-order valence-electron chi connectivity index (χ3n) is 3.41. The van der Waals surface area contributed by atoms with E-state index in [1.165, 1.54) is 31.2 Å². The maximum Gasteiger partial charge on any atom is 0.281 e. The minimum atomic E-state index is -0.572. The molecule has 0 aliphatic rings. The van der Waals surface area contributed by atoms with Crippen molar-refractivity contribution in [2.45, 2.75) is 20.4 Å². The number of pyridine rings is 1. The molecule has 9 nitrogen and oxygen atoms in total. The first-order chi connectivity index (χ1) is 11.4. The van der Waals surface area contributed by atoms with Gasteiger partial charge in [0.05, 0.1) is 10.6 Å². The van der Waals surface area contributed by atoms with E-state index in [4.69, 9.17) is 5.26 Å². The van der Waals surface area contributed by atoms with Crippen LogP contribution in [0.5, 0.6) is 5.88 Å². The first-order valence-electron chi connectivity index (χ1n) is 6.93. The number of nitrogens with zero attached hydrogens (tertiary/aromatic N) is 5. The molecular weight excluding hydrogens is 314 g/mol. The van der Waals surface area contributed by atoms with Gasteiger partial charge in [0.2, 0.25) is 5.88 Å². The third kappa shape index (κ3) is 2.98. The van der Waals surface area contributed by atoms with Gasteiger partial charge < -0.3 is 5.11 Å². The minimum absolute atomic E-state index is 0.0471. The summed E-state index contributed by atoms with van der Waals surface area (Å²) in [5, 5.41) is 37.4. The highest BCUT2D eigenvalue weighted by Crippen LogP contribution is 2.27. The van der Waals surface area contributed by atoms with Gasteiger partial charge in [0.1, 0.15) is 11.6 Å². The zero-order valence-electron chi connectivity index (χ0n) is 12.9. The second-order valence-corrected chi connectivity index (χ2v) is 4.81. The molecule has 0 fully saturated rings. The molecule has 122 valence electrons. The van der Waals surface area contributed by atoms with Crippen LogP contribution in [0.4, 0.5) is 17.1 Å². The molecule has 0 spiro atoms. The Bertz CT molecular complexity index is 923. The Labute approximate surface area is 136 Å². The van der Waals surface area contributed by atoms with Crippen molar-refractivity contribution >= 4 is 17.1 Å². The maximum atomic E-state index is 12.3. The van der Waals surface area contributed by atoms with Gasteiger partial charge in [0, 0.05) is 24.2 Å². The molecule has 2 rings (SSSR count). The topological polar surface area (TPSA) is 134 Å². The largest absolute Gasteiger partial charge is 0.493 e. The average Bonchev–Trinajstić information content (AvgIpc) is 2.56. The van der Waals surface area contributed by atoms with Crippen molar-refractivity contribution in [2.24, 2.45) is 10.2 Å². The van der Waals surface area contributed by atoms with Gasteiger partial charge in [-0.1, -0.05) is 0 Å². The quantitative estimate of drug-likeness (QED) is 0.523. The van der Waals surface area contributed by atoms with Crippen LogP contribution in [0.25, 0.3) is 0 Å². The number of nitro groups is 1. The van der Waals surface area contributed by atoms with E-state index in [0.29, 0.717) is 5.69 Å². The molecular formula is C15H13N5O4. The standard InChI is InChI=1S/C15H13N5O4/c1-3-19-14(21)12(8-16)9(2)13(15(19)22)18-17-10-4-6-11(7-5-10)20(23)24/h4-7,21H,3H2,1-2H3. The monoisotopic (exact) mass is 327 g/mol. The molecule has 0 atom stereocenters. The number of aromatic nitrogens is 1. The van der Waals surface area contributed by atoms with E-state index < -0.39 is 16.4 Å². The Morgan fingerprint density at radius 3 is 2.46 bits per heavy atom. The number of aromatic hydroxyl groups is 1. The third-order valence-corrected chi connectivity index (χ3v) is 3.41. The number of azo groups is 1. The summed E-state index contributed by atoms with van der Waals surface area (Å²) in [4.78, 5) is 22.4. The molecule has 9 heteroatoms. The summed E-state index contributed by atoms with van der Waals surface area (Å²) >= 11 is 0. The number of rotatable bonds is 4. The van der Waals surface area contributed by atoms with Crippen LogP contribution in [0.1, 0.15) is 18.1 Å². The number of non-ortho nitro benzene ring substituents is 1. The Morgan fingerprint density at radius 1 is 1.33 bits per heavy atom. The van der Waals surface area contributed by atoms with Crippen molar-refractivity contribution in [3.8, 4) is 11.9 Å². The van der Waals surface area contributed by atoms with E-state index in [2.05, 4.69) is 10.2 Å². The van der Waals surface area contributed by atoms with Gasteiger partial charge in [0.15, 0.2) is 5.69 Å². The first-order valence-corrected chi connectivity index (χ1v) is 6.93. The number of nitro benzene ring substituents is 1. The van der Waals surface area contributed by atoms with Gasteiger partial charge in [-0.05, 0) is 26.0 Å². The molecule has 0 aliphatic carbocycles. The van der Waals surface area contributed by atoms with Gasteiger partial charge in [-0.2, -0.15) is 10.4 Å². The molecule has 1 aromatic carbocycles. The molecule has 2 aromatic rings. The minimum Gasteiger partial charge on any atom is -0.493 e. The highest BCUT2D eigenvalue weighted by atomic mass is 16.6. The normalized spacial score (nSPS) is 10.7. The summed E-state index contributed by atoms with van der Waals surface area (Å²) in [6.45, 7) is 3.30. The first kappa shape index (κ1) is 16.8. The lowest BCUT2D eigenvalue weighted by Gasteiger charge is -2.10. The van der Waals surface area contributed by atoms with Crippen molar-refractivity contribution in [2.75, 3.05) is 0 Å². The van der Waals surface area contributed by atoms with E-state index in [9.17, 15) is 20.0 Å². The van der Waals surface area contributed by atoms with Crippen molar-refractivity contribution in [3.05, 3.63) is 55.9 Å². The van der Waals surface area contributed by atoms with E-state index in [1.54, 1.807) is 6.92 Å². The van der Waals surface area contributed by atoms with Crippen molar-refractivity contribution in [1.82, 2.24) is 4.57 Å². The lowest BCUT2D eigenvalue weighted by atomic mass is 10.1. The van der Waals surface area contributed by atoms with Crippen LogP contribution in [0, 0.1) is 28.4 Å². The average molecular weight is 327 g/mol. The van der Waals surface area contributed by atoms with Gasteiger partial charge in [-0.15, -0.1) is 5.11 Å². The molecule has 1 N–H and O–H groups in total. The molecule has 1 heterocycles. The fourth-order valence-electron chi connectivity index (χ4n) is 2.10. The van der Waals surface area contributed by atoms with E-state index in [-0.39, 0.29) is 29.0 Å². The molecule has 0 amide bonds. The fourth-order valence-corrected chi connectivity index (χ4v) is 2.10. The number of nitriles is 1. The molecule has 0 saturated heterocycles. The molecule has 0 unspecified atom stereocenters. The van der Waals surface area contributed by atoms with Crippen LogP contribution in [0.3, 0.4) is 0 Å². The lowest BCUT2D eigenvalue weighted by Crippen LogP contribution is -2.20. The SMILES string of the molecule is CCn1c(O)c(C#N)c(C)c(N=Nc2ccc([N+](=O)[O-])cc2)c1=O. The lowest BCUT2D eigenvalue weighted by molar-refractivity contribution is -0.384. The second kappa shape index (κ2) is 6.70. The van der Waals surface area contributed by atoms with Crippen LogP contribution in [-0.2, 0) is 6.54 Å². The van der Waals surface area contributed by atoms with Crippen molar-refractivity contribution in [1.29, 1.82) is 5.26 Å². The fraction of sp³-hybridized carbons (Fsp3) is 0.200. The summed E-state index contributed by atoms with van der Waals surface area (Å²) in [7, 11) is 0. The van der Waals surface area contributed by atoms with E-state index in [1.807, 2.05) is 6.07 Å². The Hall–Kier alpha value is -3.54. The highest BCUT2D eigenvalue weighted by Gasteiger charge is 2.18. The smallest absolute Gasteiger partial charge is 0.281 e. The van der Waals surface area contributed by atoms with Gasteiger partial charge in [-0.3, -0.25) is 19.5 Å². The summed E-state index contributed by atoms with van der Waals surface area (Å²) in [6, 6.07) is 7.15. The molecule has 1 aromatic heterocycles. The molecule has 0 aliphatic heterocycles. The van der Waals surface area contributed by atoms with Crippen LogP contribution in [-0.4, -0.2) is 14.6 Å². The van der Waals surface area contributed by atoms with Crippen LogP contribution >= 0.6 is 0 Å². The summed E-state index contributed by atoms with van der Waals surface area (Å²) < 4.78 is 1.02. The van der Waals surface area contributed by atoms with E-state index in [0.717, 1.165) is 4.57 Å². The Kier molecular flexibility index (Phi) is 4.70. The van der Waals surface area contributed by atoms with Crippen LogP contribution < -0.4 is 5.56 Å². The number of benzene rings is 1. The predicted molar refractivity (Wildman–Crippen MR) is 84.8 cm³/mol. The molecule has 24 heavy (non-hydrogen) atoms. The summed E-state index contributed by atoms with van der Waals surface area (Å²) in [6.07, 6.45) is 0.